The van der Waals surface area contributed by atoms with E-state index < -0.39 is 12.2 Å². The number of hydrogen-bond donors (Lipinski definition) is 2. The molecule has 7 heteroatoms. The van der Waals surface area contributed by atoms with Crippen molar-refractivity contribution in [2.45, 2.75) is 50.4 Å². The van der Waals surface area contributed by atoms with E-state index >= 15 is 0 Å². The molecule has 1 aromatic rings. The van der Waals surface area contributed by atoms with Crippen LogP contribution in [0, 0.1) is 21.3 Å². The number of carbonyl (C=O) groups is 1. The average Bonchev–Trinajstić information content (AvgIpc) is 2.48. The molecule has 1 aromatic carbocycles. The van der Waals surface area contributed by atoms with Gasteiger partial charge in [0.15, 0.2) is 0 Å². The van der Waals surface area contributed by atoms with E-state index in [-0.39, 0.29) is 35.1 Å². The number of carbonyl (C=O) groups excluding carboxylic acids is 1. The van der Waals surface area contributed by atoms with E-state index in [1.54, 1.807) is 6.07 Å². The van der Waals surface area contributed by atoms with Crippen LogP contribution < -0.4 is 10.1 Å². The van der Waals surface area contributed by atoms with Crippen molar-refractivity contribution < 1.29 is 23.4 Å². The summed E-state index contributed by atoms with van der Waals surface area (Å²) in [7, 11) is 0. The normalized spacial score (nSPS) is 35.9. The number of nitrogens with one attached hydrogen (secondary N) is 1. The Labute approximate surface area is 158 Å². The first kappa shape index (κ1) is 17.5. The molecule has 4 nitrogen and oxygen atoms in total. The Balaban J connectivity index is 1.53. The Kier molecular flexibility index (Phi) is 4.42. The molecule has 0 aromatic heterocycles. The largest absolute Gasteiger partial charge is 0.434 e. The van der Waals surface area contributed by atoms with Gasteiger partial charge in [-0.05, 0) is 90.6 Å². The van der Waals surface area contributed by atoms with Crippen molar-refractivity contribution in [1.29, 1.82) is 0 Å². The second-order valence-corrected chi connectivity index (χ2v) is 8.96. The molecule has 0 heterocycles. The summed E-state index contributed by atoms with van der Waals surface area (Å²) >= 11 is 1.99. The third-order valence-electron chi connectivity index (χ3n) is 5.94. The van der Waals surface area contributed by atoms with Crippen LogP contribution in [0.25, 0.3) is 0 Å². The highest BCUT2D eigenvalue weighted by Crippen LogP contribution is 2.55. The van der Waals surface area contributed by atoms with Crippen LogP contribution in [-0.2, 0) is 0 Å². The summed E-state index contributed by atoms with van der Waals surface area (Å²) in [5.74, 6) is 0.608. The predicted molar refractivity (Wildman–Crippen MR) is 95.6 cm³/mol. The maximum Gasteiger partial charge on any atom is 0.387 e. The molecule has 0 aliphatic heterocycles. The maximum absolute atomic E-state index is 12.7. The van der Waals surface area contributed by atoms with Gasteiger partial charge in [-0.2, -0.15) is 8.78 Å². The summed E-state index contributed by atoms with van der Waals surface area (Å²) in [4.78, 5) is 12.7. The Hall–Kier alpha value is -0.960. The van der Waals surface area contributed by atoms with Crippen LogP contribution >= 0.6 is 22.6 Å². The highest BCUT2D eigenvalue weighted by molar-refractivity contribution is 14.1. The highest BCUT2D eigenvalue weighted by Gasteiger charge is 2.55. The maximum atomic E-state index is 12.7. The Morgan fingerprint density at radius 1 is 1.28 bits per heavy atom. The molecule has 4 saturated carbocycles. The first-order chi connectivity index (χ1) is 11.8. The van der Waals surface area contributed by atoms with Gasteiger partial charge in [0.1, 0.15) is 5.75 Å². The zero-order chi connectivity index (χ0) is 17.8. The summed E-state index contributed by atoms with van der Waals surface area (Å²) in [5, 5.41) is 13.7. The molecule has 4 aliphatic carbocycles. The predicted octanol–water partition coefficient (Wildman–Crippen LogP) is 3.56. The Morgan fingerprint density at radius 2 is 1.96 bits per heavy atom. The van der Waals surface area contributed by atoms with Crippen LogP contribution in [0.5, 0.6) is 5.75 Å². The first-order valence-corrected chi connectivity index (χ1v) is 9.68. The van der Waals surface area contributed by atoms with E-state index in [1.807, 2.05) is 22.6 Å². The van der Waals surface area contributed by atoms with Gasteiger partial charge in [0.2, 0.25) is 0 Å². The zero-order valence-electron chi connectivity index (χ0n) is 13.6. The van der Waals surface area contributed by atoms with Gasteiger partial charge < -0.3 is 15.2 Å². The molecule has 2 unspecified atom stereocenters. The van der Waals surface area contributed by atoms with E-state index in [1.165, 1.54) is 12.1 Å². The number of ether oxygens (including phenoxy) is 1. The number of benzene rings is 1. The van der Waals surface area contributed by atoms with Gasteiger partial charge in [0.25, 0.3) is 5.91 Å². The van der Waals surface area contributed by atoms with Crippen LogP contribution in [0.3, 0.4) is 0 Å². The SMILES string of the molecule is O=C(NC1C2CC3CC1CC(O)(C3)C2)c1ccc(I)cc1OC(F)F. The molecule has 2 N–H and O–H groups in total. The molecule has 4 bridgehead atoms. The summed E-state index contributed by atoms with van der Waals surface area (Å²) < 4.78 is 30.6. The van der Waals surface area contributed by atoms with Gasteiger partial charge in [-0.3, -0.25) is 4.79 Å². The summed E-state index contributed by atoms with van der Waals surface area (Å²) in [6.45, 7) is -2.97. The molecule has 4 aliphatic rings. The van der Waals surface area contributed by atoms with Gasteiger partial charge in [-0.25, -0.2) is 0 Å². The third-order valence-corrected chi connectivity index (χ3v) is 6.61. The molecule has 25 heavy (non-hydrogen) atoms. The lowest BCUT2D eigenvalue weighted by molar-refractivity contribution is -0.137. The molecule has 4 fully saturated rings. The second-order valence-electron chi connectivity index (χ2n) is 7.71. The minimum Gasteiger partial charge on any atom is -0.434 e. The molecular formula is C18H20F2INO3. The van der Waals surface area contributed by atoms with Crippen molar-refractivity contribution in [2.24, 2.45) is 17.8 Å². The number of aliphatic hydroxyl groups is 1. The molecule has 136 valence electrons. The highest BCUT2D eigenvalue weighted by atomic mass is 127. The van der Waals surface area contributed by atoms with Gasteiger partial charge in [-0.1, -0.05) is 0 Å². The zero-order valence-corrected chi connectivity index (χ0v) is 15.7. The number of amides is 1. The van der Waals surface area contributed by atoms with Gasteiger partial charge in [-0.15, -0.1) is 0 Å². The Morgan fingerprint density at radius 3 is 2.56 bits per heavy atom. The van der Waals surface area contributed by atoms with Crippen molar-refractivity contribution in [3.05, 3.63) is 27.3 Å². The topological polar surface area (TPSA) is 58.6 Å². The lowest BCUT2D eigenvalue weighted by Gasteiger charge is -2.58. The molecule has 0 radical (unpaired) electrons. The van der Waals surface area contributed by atoms with Crippen LogP contribution in [-0.4, -0.2) is 29.3 Å². The summed E-state index contributed by atoms with van der Waals surface area (Å²) in [5.41, 5.74) is -0.432. The fraction of sp³-hybridized carbons (Fsp3) is 0.611. The lowest BCUT2D eigenvalue weighted by Crippen LogP contribution is -2.61. The van der Waals surface area contributed by atoms with Gasteiger partial charge >= 0.3 is 6.61 Å². The number of alkyl halides is 2. The van der Waals surface area contributed by atoms with Gasteiger partial charge in [0.05, 0.1) is 11.2 Å². The van der Waals surface area contributed by atoms with Crippen molar-refractivity contribution >= 4 is 28.5 Å². The minimum atomic E-state index is -2.97. The minimum absolute atomic E-state index is 0.00278. The molecule has 0 saturated heterocycles. The van der Waals surface area contributed by atoms with Crippen molar-refractivity contribution in [3.63, 3.8) is 0 Å². The number of rotatable bonds is 4. The van der Waals surface area contributed by atoms with Crippen molar-refractivity contribution in [1.82, 2.24) is 5.32 Å². The van der Waals surface area contributed by atoms with E-state index in [0.717, 1.165) is 35.7 Å². The van der Waals surface area contributed by atoms with Crippen LogP contribution in [0.1, 0.15) is 42.5 Å². The van der Waals surface area contributed by atoms with Crippen LogP contribution in [0.15, 0.2) is 18.2 Å². The Bertz CT molecular complexity index is 683. The smallest absolute Gasteiger partial charge is 0.387 e. The van der Waals surface area contributed by atoms with Gasteiger partial charge in [0, 0.05) is 9.61 Å². The third kappa shape index (κ3) is 3.37. The molecule has 2 atom stereocenters. The monoisotopic (exact) mass is 463 g/mol. The van der Waals surface area contributed by atoms with E-state index in [4.69, 9.17) is 0 Å². The molecular weight excluding hydrogens is 443 g/mol. The summed E-state index contributed by atoms with van der Waals surface area (Å²) in [6.07, 6.45) is 4.37. The van der Waals surface area contributed by atoms with Crippen LogP contribution in [0.2, 0.25) is 0 Å². The second kappa shape index (κ2) is 6.33. The van der Waals surface area contributed by atoms with E-state index in [2.05, 4.69) is 10.1 Å². The molecule has 1 amide bonds. The molecule has 5 rings (SSSR count). The lowest BCUT2D eigenvalue weighted by atomic mass is 9.52. The number of hydrogen-bond acceptors (Lipinski definition) is 3. The fourth-order valence-corrected chi connectivity index (χ4v) is 5.79. The van der Waals surface area contributed by atoms with E-state index in [9.17, 15) is 18.7 Å². The van der Waals surface area contributed by atoms with E-state index in [0.29, 0.717) is 5.92 Å². The average molecular weight is 463 g/mol. The van der Waals surface area contributed by atoms with Crippen LogP contribution in [0.4, 0.5) is 8.78 Å². The first-order valence-electron chi connectivity index (χ1n) is 8.60. The molecule has 0 spiro atoms. The van der Waals surface area contributed by atoms with Crippen molar-refractivity contribution in [3.8, 4) is 5.75 Å². The fourth-order valence-electron chi connectivity index (χ4n) is 5.32. The van der Waals surface area contributed by atoms with Crippen molar-refractivity contribution in [2.75, 3.05) is 0 Å². The standard InChI is InChI=1S/C18H20F2INO3/c19-17(20)25-14-5-12(21)1-2-13(14)16(23)22-15-10-3-9-4-11(15)8-18(24,6-9)7-10/h1-2,5,9-11,15,17,24H,3-4,6-8H2,(H,22,23). The summed E-state index contributed by atoms with van der Waals surface area (Å²) in [6, 6.07) is 4.68. The number of halogens is 3. The quantitative estimate of drug-likeness (QED) is 0.672.